The topological polar surface area (TPSA) is 69.0 Å². The standard InChI is InChI=1S/C14H16N4O/c15-8-10-3-6-13(16-9-10)18-7-1-2-12(18)14(19)17-11-4-5-11/h3,6,9,11-12H,1-2,4-5,7H2,(H,17,19)/t12-/m0/s1. The van der Waals surface area contributed by atoms with Crippen molar-refractivity contribution < 1.29 is 4.79 Å². The van der Waals surface area contributed by atoms with Gasteiger partial charge in [-0.3, -0.25) is 4.79 Å². The van der Waals surface area contributed by atoms with E-state index in [2.05, 4.69) is 16.4 Å². The molecule has 1 saturated heterocycles. The van der Waals surface area contributed by atoms with Gasteiger partial charge in [-0.2, -0.15) is 5.26 Å². The number of hydrogen-bond acceptors (Lipinski definition) is 4. The molecular formula is C14H16N4O. The first-order valence-corrected chi connectivity index (χ1v) is 6.71. The van der Waals surface area contributed by atoms with Gasteiger partial charge in [-0.15, -0.1) is 0 Å². The molecule has 2 heterocycles. The molecule has 1 amide bonds. The highest BCUT2D eigenvalue weighted by Gasteiger charge is 2.34. The van der Waals surface area contributed by atoms with Crippen LogP contribution in [0, 0.1) is 11.3 Å². The zero-order chi connectivity index (χ0) is 13.2. The van der Waals surface area contributed by atoms with Crippen LogP contribution in [0.1, 0.15) is 31.2 Å². The van der Waals surface area contributed by atoms with Crippen LogP contribution in [0.5, 0.6) is 0 Å². The number of anilines is 1. The first-order chi connectivity index (χ1) is 9.28. The Hall–Kier alpha value is -2.09. The van der Waals surface area contributed by atoms with Crippen LogP contribution in [0.25, 0.3) is 0 Å². The van der Waals surface area contributed by atoms with Gasteiger partial charge < -0.3 is 10.2 Å². The first kappa shape index (κ1) is 12.0. The van der Waals surface area contributed by atoms with E-state index in [9.17, 15) is 4.79 Å². The summed E-state index contributed by atoms with van der Waals surface area (Å²) >= 11 is 0. The predicted molar refractivity (Wildman–Crippen MR) is 70.5 cm³/mol. The van der Waals surface area contributed by atoms with Crippen LogP contribution < -0.4 is 10.2 Å². The fourth-order valence-electron chi connectivity index (χ4n) is 2.46. The molecule has 98 valence electrons. The molecule has 1 aromatic rings. The van der Waals surface area contributed by atoms with Crippen LogP contribution >= 0.6 is 0 Å². The lowest BCUT2D eigenvalue weighted by molar-refractivity contribution is -0.122. The molecular weight excluding hydrogens is 240 g/mol. The highest BCUT2D eigenvalue weighted by atomic mass is 16.2. The fourth-order valence-corrected chi connectivity index (χ4v) is 2.46. The highest BCUT2D eigenvalue weighted by Crippen LogP contribution is 2.25. The van der Waals surface area contributed by atoms with Gasteiger partial charge in [0.2, 0.25) is 5.91 Å². The Labute approximate surface area is 112 Å². The minimum absolute atomic E-state index is 0.110. The third-order valence-corrected chi connectivity index (χ3v) is 3.65. The number of carbonyl (C=O) groups excluding carboxylic acids is 1. The van der Waals surface area contributed by atoms with E-state index >= 15 is 0 Å². The van der Waals surface area contributed by atoms with Gasteiger partial charge in [0.05, 0.1) is 5.56 Å². The second-order valence-corrected chi connectivity index (χ2v) is 5.15. The molecule has 0 unspecified atom stereocenters. The average Bonchev–Trinajstić information content (AvgIpc) is 3.11. The zero-order valence-electron chi connectivity index (χ0n) is 10.7. The van der Waals surface area contributed by atoms with Crippen molar-refractivity contribution >= 4 is 11.7 Å². The van der Waals surface area contributed by atoms with E-state index in [1.165, 1.54) is 0 Å². The third-order valence-electron chi connectivity index (χ3n) is 3.65. The Morgan fingerprint density at radius 3 is 2.89 bits per heavy atom. The van der Waals surface area contributed by atoms with Crippen molar-refractivity contribution in [3.05, 3.63) is 23.9 Å². The van der Waals surface area contributed by atoms with Crippen LogP contribution in [0.3, 0.4) is 0 Å². The minimum atomic E-state index is -0.110. The number of carbonyl (C=O) groups is 1. The molecule has 1 aromatic heterocycles. The normalized spacial score (nSPS) is 22.1. The number of nitrogens with zero attached hydrogens (tertiary/aromatic N) is 3. The lowest BCUT2D eigenvalue weighted by atomic mass is 10.2. The van der Waals surface area contributed by atoms with E-state index in [1.807, 2.05) is 11.0 Å². The Morgan fingerprint density at radius 2 is 2.26 bits per heavy atom. The Kier molecular flexibility index (Phi) is 3.08. The second-order valence-electron chi connectivity index (χ2n) is 5.15. The van der Waals surface area contributed by atoms with Crippen LogP contribution in [-0.2, 0) is 4.79 Å². The molecule has 0 spiro atoms. The molecule has 1 aliphatic carbocycles. The van der Waals surface area contributed by atoms with Crippen molar-refractivity contribution in [1.29, 1.82) is 5.26 Å². The Morgan fingerprint density at radius 1 is 1.42 bits per heavy atom. The fraction of sp³-hybridized carbons (Fsp3) is 0.500. The van der Waals surface area contributed by atoms with Crippen molar-refractivity contribution in [2.24, 2.45) is 0 Å². The molecule has 1 atom stereocenters. The average molecular weight is 256 g/mol. The molecule has 2 fully saturated rings. The monoisotopic (exact) mass is 256 g/mol. The summed E-state index contributed by atoms with van der Waals surface area (Å²) in [4.78, 5) is 18.5. The number of rotatable bonds is 3. The molecule has 1 aliphatic heterocycles. The lowest BCUT2D eigenvalue weighted by Crippen LogP contribution is -2.44. The van der Waals surface area contributed by atoms with E-state index in [0.29, 0.717) is 11.6 Å². The molecule has 19 heavy (non-hydrogen) atoms. The van der Waals surface area contributed by atoms with Crippen molar-refractivity contribution in [1.82, 2.24) is 10.3 Å². The maximum Gasteiger partial charge on any atom is 0.242 e. The van der Waals surface area contributed by atoms with E-state index in [-0.39, 0.29) is 11.9 Å². The van der Waals surface area contributed by atoms with E-state index < -0.39 is 0 Å². The summed E-state index contributed by atoms with van der Waals surface area (Å²) in [5.74, 6) is 0.901. The number of nitriles is 1. The van der Waals surface area contributed by atoms with Gasteiger partial charge in [0.25, 0.3) is 0 Å². The summed E-state index contributed by atoms with van der Waals surface area (Å²) in [5, 5.41) is 11.8. The summed E-state index contributed by atoms with van der Waals surface area (Å²) < 4.78 is 0. The molecule has 0 radical (unpaired) electrons. The van der Waals surface area contributed by atoms with E-state index in [0.717, 1.165) is 38.0 Å². The van der Waals surface area contributed by atoms with Crippen LogP contribution in [0.2, 0.25) is 0 Å². The SMILES string of the molecule is N#Cc1ccc(N2CCC[C@H]2C(=O)NC2CC2)nc1. The predicted octanol–water partition coefficient (Wildman–Crippen LogP) is 1.20. The van der Waals surface area contributed by atoms with Gasteiger partial charge >= 0.3 is 0 Å². The smallest absolute Gasteiger partial charge is 0.242 e. The largest absolute Gasteiger partial charge is 0.352 e. The zero-order valence-corrected chi connectivity index (χ0v) is 10.7. The summed E-state index contributed by atoms with van der Waals surface area (Å²) in [6, 6.07) is 5.90. The molecule has 3 rings (SSSR count). The van der Waals surface area contributed by atoms with Gasteiger partial charge in [0.1, 0.15) is 17.9 Å². The number of pyridine rings is 1. The minimum Gasteiger partial charge on any atom is -0.352 e. The summed E-state index contributed by atoms with van der Waals surface area (Å²) in [7, 11) is 0. The van der Waals surface area contributed by atoms with Gasteiger partial charge in [0.15, 0.2) is 0 Å². The van der Waals surface area contributed by atoms with Crippen molar-refractivity contribution in [3.63, 3.8) is 0 Å². The second kappa shape index (κ2) is 4.88. The van der Waals surface area contributed by atoms with Crippen LogP contribution in [0.15, 0.2) is 18.3 Å². The van der Waals surface area contributed by atoms with Crippen LogP contribution in [-0.4, -0.2) is 29.5 Å². The maximum atomic E-state index is 12.2. The summed E-state index contributed by atoms with van der Waals surface area (Å²) in [6.45, 7) is 0.849. The van der Waals surface area contributed by atoms with E-state index in [1.54, 1.807) is 12.3 Å². The Balaban J connectivity index is 1.74. The molecule has 1 N–H and O–H groups in total. The Bertz CT molecular complexity index is 515. The number of aromatic nitrogens is 1. The molecule has 0 bridgehead atoms. The number of amides is 1. The van der Waals surface area contributed by atoms with Gasteiger partial charge in [0, 0.05) is 18.8 Å². The molecule has 1 saturated carbocycles. The van der Waals surface area contributed by atoms with Gasteiger partial charge in [-0.25, -0.2) is 4.98 Å². The lowest BCUT2D eigenvalue weighted by Gasteiger charge is -2.24. The summed E-state index contributed by atoms with van der Waals surface area (Å²) in [6.07, 6.45) is 5.65. The number of hydrogen-bond donors (Lipinski definition) is 1. The van der Waals surface area contributed by atoms with Crippen molar-refractivity contribution in [2.75, 3.05) is 11.4 Å². The molecule has 2 aliphatic rings. The van der Waals surface area contributed by atoms with Crippen LogP contribution in [0.4, 0.5) is 5.82 Å². The van der Waals surface area contributed by atoms with E-state index in [4.69, 9.17) is 5.26 Å². The third kappa shape index (κ3) is 2.53. The first-order valence-electron chi connectivity index (χ1n) is 6.71. The summed E-state index contributed by atoms with van der Waals surface area (Å²) in [5.41, 5.74) is 0.543. The van der Waals surface area contributed by atoms with Gasteiger partial charge in [-0.05, 0) is 37.8 Å². The molecule has 5 nitrogen and oxygen atoms in total. The van der Waals surface area contributed by atoms with Crippen molar-refractivity contribution in [3.8, 4) is 6.07 Å². The number of nitrogens with one attached hydrogen (secondary N) is 1. The van der Waals surface area contributed by atoms with Crippen molar-refractivity contribution in [2.45, 2.75) is 37.8 Å². The van der Waals surface area contributed by atoms with Gasteiger partial charge in [-0.1, -0.05) is 0 Å². The highest BCUT2D eigenvalue weighted by molar-refractivity contribution is 5.86. The molecule has 0 aromatic carbocycles. The maximum absolute atomic E-state index is 12.2. The quantitative estimate of drug-likeness (QED) is 0.882. The molecule has 5 heteroatoms.